The number of aliphatic imine (C=N–C) groups is 1. The Hall–Kier alpha value is -0.980. The van der Waals surface area contributed by atoms with Crippen LogP contribution in [0, 0.1) is 0 Å². The zero-order valence-electron chi connectivity index (χ0n) is 13.2. The van der Waals surface area contributed by atoms with Crippen LogP contribution in [0.25, 0.3) is 0 Å². The molecular formula is C17H26IN3O. The maximum absolute atomic E-state index is 5.60. The number of halogens is 1. The van der Waals surface area contributed by atoms with Gasteiger partial charge in [0.2, 0.25) is 0 Å². The molecule has 1 aliphatic heterocycles. The first-order valence-corrected chi connectivity index (χ1v) is 8.00. The van der Waals surface area contributed by atoms with Crippen LogP contribution in [0.3, 0.4) is 0 Å². The minimum absolute atomic E-state index is 0. The molecule has 0 saturated heterocycles. The van der Waals surface area contributed by atoms with E-state index in [0.717, 1.165) is 37.8 Å². The quantitative estimate of drug-likeness (QED) is 0.744. The van der Waals surface area contributed by atoms with E-state index in [9.17, 15) is 0 Å². The van der Waals surface area contributed by atoms with Gasteiger partial charge in [-0.3, -0.25) is 4.99 Å². The van der Waals surface area contributed by atoms with Gasteiger partial charge >= 0.3 is 0 Å². The molecule has 4 nitrogen and oxygen atoms in total. The smallest absolute Gasteiger partial charge is 0.191 e. The second kappa shape index (κ2) is 8.04. The normalized spacial score (nSPS) is 19.6. The van der Waals surface area contributed by atoms with Crippen molar-refractivity contribution in [2.24, 2.45) is 4.99 Å². The Morgan fingerprint density at radius 3 is 2.68 bits per heavy atom. The van der Waals surface area contributed by atoms with E-state index in [4.69, 9.17) is 4.74 Å². The van der Waals surface area contributed by atoms with Gasteiger partial charge < -0.3 is 15.4 Å². The molecule has 0 aromatic heterocycles. The van der Waals surface area contributed by atoms with E-state index >= 15 is 0 Å². The summed E-state index contributed by atoms with van der Waals surface area (Å²) < 4.78 is 5.60. The van der Waals surface area contributed by atoms with Crippen LogP contribution >= 0.6 is 24.0 Å². The number of guanidine groups is 1. The summed E-state index contributed by atoms with van der Waals surface area (Å²) in [6.45, 7) is 2.88. The highest BCUT2D eigenvalue weighted by molar-refractivity contribution is 14.0. The molecule has 0 atom stereocenters. The molecule has 1 aromatic carbocycles. The van der Waals surface area contributed by atoms with Crippen molar-refractivity contribution in [1.29, 1.82) is 0 Å². The molecule has 1 aromatic rings. The molecule has 0 bridgehead atoms. The lowest BCUT2D eigenvalue weighted by Gasteiger charge is -2.32. The van der Waals surface area contributed by atoms with Gasteiger partial charge in [0, 0.05) is 30.6 Å². The maximum Gasteiger partial charge on any atom is 0.191 e. The van der Waals surface area contributed by atoms with Gasteiger partial charge in [-0.1, -0.05) is 31.0 Å². The molecule has 22 heavy (non-hydrogen) atoms. The first-order chi connectivity index (χ1) is 10.3. The van der Waals surface area contributed by atoms with Crippen molar-refractivity contribution in [2.45, 2.75) is 37.5 Å². The topological polar surface area (TPSA) is 45.6 Å². The van der Waals surface area contributed by atoms with E-state index in [1.54, 1.807) is 7.11 Å². The van der Waals surface area contributed by atoms with Gasteiger partial charge in [-0.05, 0) is 25.3 Å². The second-order valence-electron chi connectivity index (χ2n) is 6.05. The van der Waals surface area contributed by atoms with Crippen LogP contribution in [0.15, 0.2) is 29.3 Å². The molecule has 2 aliphatic rings. The zero-order valence-corrected chi connectivity index (χ0v) is 15.6. The number of nitrogens with one attached hydrogen (secondary N) is 2. The van der Waals surface area contributed by atoms with E-state index in [-0.39, 0.29) is 29.4 Å². The van der Waals surface area contributed by atoms with Crippen molar-refractivity contribution in [2.75, 3.05) is 26.7 Å². The largest absolute Gasteiger partial charge is 0.496 e. The minimum atomic E-state index is 0. The van der Waals surface area contributed by atoms with Crippen molar-refractivity contribution in [3.05, 3.63) is 29.8 Å². The SMILES string of the molecule is COc1ccccc1C1(CNC2=NCCCN2)CCCC1.I. The third kappa shape index (κ3) is 3.67. The van der Waals surface area contributed by atoms with Crippen molar-refractivity contribution in [3.63, 3.8) is 0 Å². The Morgan fingerprint density at radius 2 is 2.00 bits per heavy atom. The number of ether oxygens (including phenoxy) is 1. The van der Waals surface area contributed by atoms with Gasteiger partial charge in [-0.15, -0.1) is 24.0 Å². The van der Waals surface area contributed by atoms with Gasteiger partial charge in [0.1, 0.15) is 5.75 Å². The third-order valence-corrected chi connectivity index (χ3v) is 4.73. The van der Waals surface area contributed by atoms with Crippen molar-refractivity contribution >= 4 is 29.9 Å². The highest BCUT2D eigenvalue weighted by Crippen LogP contribution is 2.44. The van der Waals surface area contributed by atoms with E-state index in [0.29, 0.717) is 0 Å². The molecule has 2 N–H and O–H groups in total. The summed E-state index contributed by atoms with van der Waals surface area (Å²) >= 11 is 0. The number of para-hydroxylation sites is 1. The number of hydrogen-bond acceptors (Lipinski definition) is 4. The Kier molecular flexibility index (Phi) is 6.35. The fourth-order valence-electron chi connectivity index (χ4n) is 3.58. The highest BCUT2D eigenvalue weighted by atomic mass is 127. The van der Waals surface area contributed by atoms with E-state index in [1.807, 2.05) is 6.07 Å². The minimum Gasteiger partial charge on any atom is -0.496 e. The summed E-state index contributed by atoms with van der Waals surface area (Å²) in [4.78, 5) is 4.52. The van der Waals surface area contributed by atoms with Crippen LogP contribution < -0.4 is 15.4 Å². The van der Waals surface area contributed by atoms with Crippen molar-refractivity contribution in [1.82, 2.24) is 10.6 Å². The summed E-state index contributed by atoms with van der Waals surface area (Å²) in [5.41, 5.74) is 1.52. The van der Waals surface area contributed by atoms with E-state index in [2.05, 4.69) is 33.8 Å². The zero-order chi connectivity index (χ0) is 14.5. The molecule has 0 amide bonds. The molecule has 1 fully saturated rings. The van der Waals surface area contributed by atoms with Crippen molar-refractivity contribution in [3.8, 4) is 5.75 Å². The first-order valence-electron chi connectivity index (χ1n) is 8.00. The van der Waals surface area contributed by atoms with E-state index < -0.39 is 0 Å². The molecule has 0 spiro atoms. The van der Waals surface area contributed by atoms with Crippen molar-refractivity contribution < 1.29 is 4.74 Å². The lowest BCUT2D eigenvalue weighted by atomic mass is 9.78. The van der Waals surface area contributed by atoms with Crippen LogP contribution in [0.4, 0.5) is 0 Å². The summed E-state index contributed by atoms with van der Waals surface area (Å²) in [7, 11) is 1.77. The predicted octanol–water partition coefficient (Wildman–Crippen LogP) is 3.06. The Labute approximate surface area is 150 Å². The van der Waals surface area contributed by atoms with Gasteiger partial charge in [0.05, 0.1) is 7.11 Å². The molecule has 1 aliphatic carbocycles. The first kappa shape index (κ1) is 17.4. The Bertz CT molecular complexity index is 512. The summed E-state index contributed by atoms with van der Waals surface area (Å²) in [5, 5.41) is 6.89. The molecule has 3 rings (SSSR count). The standard InChI is InChI=1S/C17H25N3O.HI/c1-21-15-8-3-2-7-14(15)17(9-4-5-10-17)13-20-16-18-11-6-12-19-16;/h2-3,7-8H,4-6,9-13H2,1H3,(H2,18,19,20);1H. The predicted molar refractivity (Wildman–Crippen MR) is 101 cm³/mol. The lowest BCUT2D eigenvalue weighted by Crippen LogP contribution is -2.46. The number of benzene rings is 1. The number of nitrogens with zero attached hydrogens (tertiary/aromatic N) is 1. The van der Waals surface area contributed by atoms with Gasteiger partial charge in [-0.2, -0.15) is 0 Å². The molecule has 0 radical (unpaired) electrons. The molecule has 0 unspecified atom stereocenters. The summed E-state index contributed by atoms with van der Waals surface area (Å²) in [6.07, 6.45) is 6.14. The Morgan fingerprint density at radius 1 is 1.23 bits per heavy atom. The van der Waals surface area contributed by atoms with Crippen LogP contribution in [0.2, 0.25) is 0 Å². The van der Waals surface area contributed by atoms with Crippen LogP contribution in [0.1, 0.15) is 37.7 Å². The fourth-order valence-corrected chi connectivity index (χ4v) is 3.58. The average molecular weight is 415 g/mol. The molecule has 122 valence electrons. The van der Waals surface area contributed by atoms with Gasteiger partial charge in [0.15, 0.2) is 5.96 Å². The molecular weight excluding hydrogens is 389 g/mol. The maximum atomic E-state index is 5.60. The second-order valence-corrected chi connectivity index (χ2v) is 6.05. The van der Waals surface area contributed by atoms with Gasteiger partial charge in [0.25, 0.3) is 0 Å². The molecule has 1 saturated carbocycles. The van der Waals surface area contributed by atoms with Gasteiger partial charge in [-0.25, -0.2) is 0 Å². The number of hydrogen-bond donors (Lipinski definition) is 2. The van der Waals surface area contributed by atoms with Crippen LogP contribution in [-0.4, -0.2) is 32.7 Å². The number of methoxy groups -OCH3 is 1. The monoisotopic (exact) mass is 415 g/mol. The number of rotatable bonds is 4. The summed E-state index contributed by atoms with van der Waals surface area (Å²) in [6, 6.07) is 8.47. The fraction of sp³-hybridized carbons (Fsp3) is 0.588. The Balaban J connectivity index is 0.00000176. The molecule has 1 heterocycles. The summed E-state index contributed by atoms with van der Waals surface area (Å²) in [5.74, 6) is 1.97. The lowest BCUT2D eigenvalue weighted by molar-refractivity contribution is 0.371. The average Bonchev–Trinajstić information content (AvgIpc) is 3.04. The van der Waals surface area contributed by atoms with E-state index in [1.165, 1.54) is 31.2 Å². The van der Waals surface area contributed by atoms with Crippen LogP contribution in [-0.2, 0) is 5.41 Å². The third-order valence-electron chi connectivity index (χ3n) is 4.73. The highest BCUT2D eigenvalue weighted by Gasteiger charge is 2.37. The molecule has 5 heteroatoms. The van der Waals surface area contributed by atoms with Crippen LogP contribution in [0.5, 0.6) is 5.75 Å².